The Hall–Kier alpha value is -1.25. The average molecular weight is 177 g/mol. The minimum Gasteiger partial charge on any atom is -0.396 e. The van der Waals surface area contributed by atoms with Crippen LogP contribution in [0.1, 0.15) is 19.8 Å². The summed E-state index contributed by atoms with van der Waals surface area (Å²) in [5.74, 6) is 0.815. The van der Waals surface area contributed by atoms with Crippen molar-refractivity contribution in [2.24, 2.45) is 5.41 Å². The Kier molecular flexibility index (Phi) is 1.87. The van der Waals surface area contributed by atoms with Crippen LogP contribution in [-0.4, -0.2) is 11.5 Å². The van der Waals surface area contributed by atoms with Crippen LogP contribution in [0.5, 0.6) is 0 Å². The number of nitrogens with one attached hydrogen (secondary N) is 1. The van der Waals surface area contributed by atoms with E-state index >= 15 is 0 Å². The lowest BCUT2D eigenvalue weighted by atomic mass is 10.1. The fraction of sp³-hybridized carbons (Fsp3) is 0.500. The molecule has 0 amide bonds. The van der Waals surface area contributed by atoms with Gasteiger partial charge in [0.2, 0.25) is 0 Å². The molecule has 13 heavy (non-hydrogen) atoms. The first-order valence-electron chi connectivity index (χ1n) is 4.64. The summed E-state index contributed by atoms with van der Waals surface area (Å²) in [6.45, 7) is 3.26. The summed E-state index contributed by atoms with van der Waals surface area (Å²) in [4.78, 5) is 4.17. The van der Waals surface area contributed by atoms with E-state index in [1.807, 2.05) is 12.1 Å². The van der Waals surface area contributed by atoms with Gasteiger partial charge in [0.15, 0.2) is 0 Å². The monoisotopic (exact) mass is 177 g/mol. The Morgan fingerprint density at radius 3 is 3.00 bits per heavy atom. The van der Waals surface area contributed by atoms with Gasteiger partial charge in [0, 0.05) is 12.7 Å². The van der Waals surface area contributed by atoms with Gasteiger partial charge in [-0.1, -0.05) is 6.92 Å². The Labute approximate surface area is 78.4 Å². The van der Waals surface area contributed by atoms with Crippen LogP contribution in [0.2, 0.25) is 0 Å². The molecule has 2 rings (SSSR count). The van der Waals surface area contributed by atoms with Crippen molar-refractivity contribution in [1.82, 2.24) is 4.98 Å². The van der Waals surface area contributed by atoms with Crippen LogP contribution in [0.4, 0.5) is 11.5 Å². The number of nitrogen functional groups attached to an aromatic ring is 1. The summed E-state index contributed by atoms with van der Waals surface area (Å²) < 4.78 is 0. The molecule has 0 saturated heterocycles. The molecule has 0 spiro atoms. The summed E-state index contributed by atoms with van der Waals surface area (Å²) in [7, 11) is 0. The second-order valence-electron chi connectivity index (χ2n) is 4.11. The van der Waals surface area contributed by atoms with Gasteiger partial charge in [-0.3, -0.25) is 0 Å². The van der Waals surface area contributed by atoms with Crippen LogP contribution in [0, 0.1) is 5.41 Å². The third kappa shape index (κ3) is 1.91. The largest absolute Gasteiger partial charge is 0.396 e. The molecule has 1 fully saturated rings. The van der Waals surface area contributed by atoms with Gasteiger partial charge < -0.3 is 11.1 Å². The van der Waals surface area contributed by atoms with Crippen molar-refractivity contribution in [3.8, 4) is 0 Å². The molecule has 3 heteroatoms. The summed E-state index contributed by atoms with van der Waals surface area (Å²) in [6, 6.07) is 3.71. The van der Waals surface area contributed by atoms with E-state index in [1.54, 1.807) is 6.20 Å². The molecule has 3 N–H and O–H groups in total. The molecule has 0 radical (unpaired) electrons. The van der Waals surface area contributed by atoms with Gasteiger partial charge in [-0.25, -0.2) is 4.98 Å². The second kappa shape index (κ2) is 2.91. The number of rotatable bonds is 3. The summed E-state index contributed by atoms with van der Waals surface area (Å²) >= 11 is 0. The van der Waals surface area contributed by atoms with E-state index in [1.165, 1.54) is 12.8 Å². The van der Waals surface area contributed by atoms with Crippen molar-refractivity contribution in [2.45, 2.75) is 19.8 Å². The maximum atomic E-state index is 5.75. The van der Waals surface area contributed by atoms with E-state index in [0.717, 1.165) is 18.1 Å². The van der Waals surface area contributed by atoms with Gasteiger partial charge in [0.25, 0.3) is 0 Å². The fourth-order valence-electron chi connectivity index (χ4n) is 1.25. The maximum Gasteiger partial charge on any atom is 0.149 e. The Morgan fingerprint density at radius 1 is 1.62 bits per heavy atom. The molecular weight excluding hydrogens is 162 g/mol. The molecule has 0 aliphatic heterocycles. The molecular formula is C10H15N3. The minimum absolute atomic E-state index is 0.490. The van der Waals surface area contributed by atoms with Gasteiger partial charge in [0.1, 0.15) is 5.82 Å². The zero-order chi connectivity index (χ0) is 9.31. The molecule has 0 atom stereocenters. The van der Waals surface area contributed by atoms with Gasteiger partial charge >= 0.3 is 0 Å². The van der Waals surface area contributed by atoms with E-state index in [-0.39, 0.29) is 0 Å². The molecule has 0 unspecified atom stereocenters. The highest BCUT2D eigenvalue weighted by Gasteiger charge is 2.36. The third-order valence-corrected chi connectivity index (χ3v) is 2.63. The SMILES string of the molecule is CC1(CNc2ncccc2N)CC1. The van der Waals surface area contributed by atoms with Crippen LogP contribution >= 0.6 is 0 Å². The first-order valence-corrected chi connectivity index (χ1v) is 4.64. The third-order valence-electron chi connectivity index (χ3n) is 2.63. The molecule has 1 aliphatic carbocycles. The number of hydrogen-bond donors (Lipinski definition) is 2. The molecule has 1 aliphatic rings. The number of anilines is 2. The number of nitrogens with two attached hydrogens (primary N) is 1. The van der Waals surface area contributed by atoms with E-state index in [4.69, 9.17) is 5.73 Å². The van der Waals surface area contributed by atoms with Crippen LogP contribution < -0.4 is 11.1 Å². The average Bonchev–Trinajstić information content (AvgIpc) is 2.83. The second-order valence-corrected chi connectivity index (χ2v) is 4.11. The fourth-order valence-corrected chi connectivity index (χ4v) is 1.25. The van der Waals surface area contributed by atoms with Crippen LogP contribution in [-0.2, 0) is 0 Å². The highest BCUT2D eigenvalue weighted by Crippen LogP contribution is 2.44. The lowest BCUT2D eigenvalue weighted by Gasteiger charge is -2.11. The van der Waals surface area contributed by atoms with Crippen molar-refractivity contribution < 1.29 is 0 Å². The van der Waals surface area contributed by atoms with Crippen molar-refractivity contribution in [1.29, 1.82) is 0 Å². The Bertz CT molecular complexity index is 305. The summed E-state index contributed by atoms with van der Waals surface area (Å²) in [5.41, 5.74) is 6.96. The highest BCUT2D eigenvalue weighted by molar-refractivity contribution is 5.60. The van der Waals surface area contributed by atoms with Crippen molar-refractivity contribution >= 4 is 11.5 Å². The van der Waals surface area contributed by atoms with Gasteiger partial charge in [-0.05, 0) is 30.4 Å². The molecule has 0 bridgehead atoms. The first-order chi connectivity index (χ1) is 6.20. The van der Waals surface area contributed by atoms with Crippen LogP contribution in [0.15, 0.2) is 18.3 Å². The van der Waals surface area contributed by atoms with Crippen LogP contribution in [0.25, 0.3) is 0 Å². The molecule has 0 aromatic carbocycles. The topological polar surface area (TPSA) is 50.9 Å². The normalized spacial score (nSPS) is 18.2. The van der Waals surface area contributed by atoms with E-state index < -0.39 is 0 Å². The number of pyridine rings is 1. The summed E-state index contributed by atoms with van der Waals surface area (Å²) in [6.07, 6.45) is 4.38. The van der Waals surface area contributed by atoms with Gasteiger partial charge in [-0.15, -0.1) is 0 Å². The standard InChI is InChI=1S/C10H15N3/c1-10(4-5-10)7-13-9-8(11)3-2-6-12-9/h2-3,6H,4-5,7,11H2,1H3,(H,12,13). The zero-order valence-electron chi connectivity index (χ0n) is 7.88. The van der Waals surface area contributed by atoms with Crippen molar-refractivity contribution in [3.05, 3.63) is 18.3 Å². The zero-order valence-corrected chi connectivity index (χ0v) is 7.88. The number of aromatic nitrogens is 1. The lowest BCUT2D eigenvalue weighted by Crippen LogP contribution is -2.13. The number of hydrogen-bond acceptors (Lipinski definition) is 3. The molecule has 1 aromatic heterocycles. The molecule has 3 nitrogen and oxygen atoms in total. The maximum absolute atomic E-state index is 5.75. The Morgan fingerprint density at radius 2 is 2.38 bits per heavy atom. The van der Waals surface area contributed by atoms with E-state index in [9.17, 15) is 0 Å². The molecule has 1 saturated carbocycles. The summed E-state index contributed by atoms with van der Waals surface area (Å²) in [5, 5.41) is 3.28. The molecule has 1 heterocycles. The molecule has 1 aromatic rings. The predicted molar refractivity (Wildman–Crippen MR) is 54.5 cm³/mol. The van der Waals surface area contributed by atoms with Crippen molar-refractivity contribution in [3.63, 3.8) is 0 Å². The van der Waals surface area contributed by atoms with Crippen LogP contribution in [0.3, 0.4) is 0 Å². The first kappa shape index (κ1) is 8.35. The minimum atomic E-state index is 0.490. The predicted octanol–water partition coefficient (Wildman–Crippen LogP) is 1.88. The number of nitrogens with zero attached hydrogens (tertiary/aromatic N) is 1. The van der Waals surface area contributed by atoms with E-state index in [2.05, 4.69) is 17.2 Å². The van der Waals surface area contributed by atoms with Crippen molar-refractivity contribution in [2.75, 3.05) is 17.6 Å². The van der Waals surface area contributed by atoms with Gasteiger partial charge in [0.05, 0.1) is 5.69 Å². The smallest absolute Gasteiger partial charge is 0.149 e. The quantitative estimate of drug-likeness (QED) is 0.741. The highest BCUT2D eigenvalue weighted by atomic mass is 15.0. The van der Waals surface area contributed by atoms with Gasteiger partial charge in [-0.2, -0.15) is 0 Å². The Balaban J connectivity index is 1.97. The van der Waals surface area contributed by atoms with E-state index in [0.29, 0.717) is 5.41 Å². The molecule has 70 valence electrons. The lowest BCUT2D eigenvalue weighted by molar-refractivity contribution is 0.609.